The predicted molar refractivity (Wildman–Crippen MR) is 127 cm³/mol. The summed E-state index contributed by atoms with van der Waals surface area (Å²) in [6, 6.07) is 9.50. The first kappa shape index (κ1) is 25.5. The zero-order valence-corrected chi connectivity index (χ0v) is 18.9. The molecule has 0 spiro atoms. The van der Waals surface area contributed by atoms with E-state index in [9.17, 15) is 4.55 Å². The molecule has 1 saturated heterocycles. The number of H-pyrrole nitrogens is 1. The van der Waals surface area contributed by atoms with E-state index in [0.717, 1.165) is 60.5 Å². The van der Waals surface area contributed by atoms with Crippen LogP contribution in [0.2, 0.25) is 0 Å². The fraction of sp³-hybridized carbons (Fsp3) is 0.478. The molecule has 3 aromatic rings. The van der Waals surface area contributed by atoms with Gasteiger partial charge in [-0.25, -0.2) is 0 Å². The van der Waals surface area contributed by atoms with Crippen molar-refractivity contribution in [2.45, 2.75) is 56.2 Å². The van der Waals surface area contributed by atoms with E-state index in [1.807, 2.05) is 37.3 Å². The predicted octanol–water partition coefficient (Wildman–Crippen LogP) is 3.63. The molecular weight excluding hydrogens is 437 g/mol. The Labute approximate surface area is 214 Å². The minimum absolute atomic E-state index is 0. The molecule has 1 unspecified atom stereocenters. The number of hydrogen-bond donors (Lipinski definition) is 1. The van der Waals surface area contributed by atoms with Crippen LogP contribution in [-0.2, 0) is 26.4 Å². The first-order valence-electron chi connectivity index (χ1n) is 10.8. The van der Waals surface area contributed by atoms with Gasteiger partial charge in [-0.3, -0.25) is 9.97 Å². The van der Waals surface area contributed by atoms with Crippen molar-refractivity contribution in [3.8, 4) is 5.75 Å². The van der Waals surface area contributed by atoms with Crippen molar-refractivity contribution in [1.29, 1.82) is 0 Å². The van der Waals surface area contributed by atoms with Gasteiger partial charge in [0.15, 0.2) is 11.5 Å². The molecule has 0 amide bonds. The maximum absolute atomic E-state index is 12.9. The molecule has 1 aliphatic rings. The number of para-hydroxylation sites is 2. The summed E-state index contributed by atoms with van der Waals surface area (Å²) in [4.78, 5) is 12.0. The van der Waals surface area contributed by atoms with E-state index in [4.69, 9.17) is 14.2 Å². The summed E-state index contributed by atoms with van der Waals surface area (Å²) in [6.45, 7) is 6.02. The molecule has 4 rings (SSSR count). The van der Waals surface area contributed by atoms with Gasteiger partial charge in [0.05, 0.1) is 36.5 Å². The quantitative estimate of drug-likeness (QED) is 0.382. The van der Waals surface area contributed by atoms with Crippen LogP contribution in [0.15, 0.2) is 41.7 Å². The van der Waals surface area contributed by atoms with Crippen molar-refractivity contribution in [1.82, 2.24) is 15.0 Å². The molecule has 168 valence electrons. The van der Waals surface area contributed by atoms with Gasteiger partial charge in [0.2, 0.25) is 0 Å². The molecule has 7 nitrogen and oxygen atoms in total. The molecule has 0 radical (unpaired) electrons. The Kier molecular flexibility index (Phi) is 9.43. The number of imidazole rings is 1. The van der Waals surface area contributed by atoms with Crippen molar-refractivity contribution in [3.63, 3.8) is 0 Å². The van der Waals surface area contributed by atoms with Crippen molar-refractivity contribution < 1.29 is 18.8 Å². The average Bonchev–Trinajstić information content (AvgIpc) is 3.22. The monoisotopic (exact) mass is 467 g/mol. The molecule has 3 heterocycles. The summed E-state index contributed by atoms with van der Waals surface area (Å²) >= 11 is -1.33. The SMILES string of the molecule is CCCC1(CCOc2ccnc(C[S+]([O-])c3nc4ccccc4[nH]3)c2C)OCCCO1.[NaH]. The Morgan fingerprint density at radius 2 is 1.97 bits per heavy atom. The average molecular weight is 468 g/mol. The van der Waals surface area contributed by atoms with E-state index in [-0.39, 0.29) is 35.3 Å². The normalized spacial score (nSPS) is 16.5. The van der Waals surface area contributed by atoms with Crippen LogP contribution in [0.1, 0.15) is 43.9 Å². The van der Waals surface area contributed by atoms with Crippen LogP contribution < -0.4 is 4.74 Å². The molecule has 1 N–H and O–H groups in total. The van der Waals surface area contributed by atoms with Crippen molar-refractivity contribution in [3.05, 3.63) is 47.8 Å². The first-order valence-corrected chi connectivity index (χ1v) is 12.1. The van der Waals surface area contributed by atoms with E-state index < -0.39 is 17.0 Å². The fourth-order valence-electron chi connectivity index (χ4n) is 3.82. The number of aromatic amines is 1. The summed E-state index contributed by atoms with van der Waals surface area (Å²) in [5.41, 5.74) is 3.31. The summed E-state index contributed by atoms with van der Waals surface area (Å²) in [5, 5.41) is 0.460. The molecule has 1 aromatic carbocycles. The second-order valence-electron chi connectivity index (χ2n) is 7.74. The molecule has 2 aromatic heterocycles. The van der Waals surface area contributed by atoms with Crippen LogP contribution in [0.3, 0.4) is 0 Å². The van der Waals surface area contributed by atoms with Gasteiger partial charge in [-0.1, -0.05) is 25.5 Å². The van der Waals surface area contributed by atoms with Gasteiger partial charge in [-0.2, -0.15) is 4.98 Å². The van der Waals surface area contributed by atoms with Crippen LogP contribution in [0.5, 0.6) is 5.75 Å². The van der Waals surface area contributed by atoms with Crippen LogP contribution in [0.4, 0.5) is 0 Å². The summed E-state index contributed by atoms with van der Waals surface area (Å²) in [7, 11) is 0. The Hall–Kier alpha value is -1.13. The Morgan fingerprint density at radius 1 is 1.19 bits per heavy atom. The standard InChI is InChI=1S/C23H29N3O4S.Na.H/c1-3-10-23(29-13-6-14-30-23)11-15-28-21-9-12-24-20(17(21)2)16-31(27)22-25-18-7-4-5-8-19(18)26-22;;/h4-5,7-9,12H,3,6,10-11,13-16H2,1-2H3,(H,25,26);;. The van der Waals surface area contributed by atoms with Gasteiger partial charge in [-0.05, 0) is 31.5 Å². The van der Waals surface area contributed by atoms with Gasteiger partial charge in [0.25, 0.3) is 0 Å². The van der Waals surface area contributed by atoms with E-state index in [1.165, 1.54) is 0 Å². The molecular formula is C23H30N3NaO4S. The van der Waals surface area contributed by atoms with Crippen molar-refractivity contribution in [2.75, 3.05) is 19.8 Å². The number of rotatable bonds is 9. The topological polar surface area (TPSA) is 92.3 Å². The molecule has 32 heavy (non-hydrogen) atoms. The molecule has 1 aliphatic heterocycles. The van der Waals surface area contributed by atoms with Crippen LogP contribution in [0.25, 0.3) is 11.0 Å². The van der Waals surface area contributed by atoms with E-state index in [1.54, 1.807) is 6.20 Å². The number of benzene rings is 1. The van der Waals surface area contributed by atoms with E-state index in [2.05, 4.69) is 21.9 Å². The number of ether oxygens (including phenoxy) is 3. The van der Waals surface area contributed by atoms with Crippen LogP contribution in [-0.4, -0.2) is 74.7 Å². The van der Waals surface area contributed by atoms with Gasteiger partial charge < -0.3 is 18.8 Å². The van der Waals surface area contributed by atoms with E-state index >= 15 is 0 Å². The number of nitrogens with one attached hydrogen (secondary N) is 1. The first-order chi connectivity index (χ1) is 15.1. The molecule has 1 fully saturated rings. The second kappa shape index (κ2) is 11.8. The van der Waals surface area contributed by atoms with E-state index in [0.29, 0.717) is 18.2 Å². The zero-order chi connectivity index (χ0) is 21.7. The Balaban J connectivity index is 0.00000289. The minimum atomic E-state index is -1.33. The molecule has 0 saturated carbocycles. The third-order valence-corrected chi connectivity index (χ3v) is 6.66. The zero-order valence-electron chi connectivity index (χ0n) is 18.1. The Bertz CT molecular complexity index is 971. The summed E-state index contributed by atoms with van der Waals surface area (Å²) in [5.74, 6) is 0.475. The van der Waals surface area contributed by atoms with Crippen LogP contribution >= 0.6 is 0 Å². The Morgan fingerprint density at radius 3 is 2.72 bits per heavy atom. The van der Waals surface area contributed by atoms with Gasteiger partial charge in [-0.15, -0.1) is 0 Å². The van der Waals surface area contributed by atoms with Crippen LogP contribution in [0, 0.1) is 6.92 Å². The number of pyridine rings is 1. The number of aromatic nitrogens is 3. The molecule has 0 bridgehead atoms. The molecule has 0 aliphatic carbocycles. The van der Waals surface area contributed by atoms with Crippen molar-refractivity contribution in [2.24, 2.45) is 0 Å². The van der Waals surface area contributed by atoms with Crippen molar-refractivity contribution >= 4 is 51.8 Å². The molecule has 1 atom stereocenters. The maximum atomic E-state index is 12.9. The third kappa shape index (κ3) is 6.05. The van der Waals surface area contributed by atoms with Gasteiger partial charge in [0.1, 0.15) is 5.75 Å². The number of hydrogen-bond acceptors (Lipinski definition) is 6. The second-order valence-corrected chi connectivity index (χ2v) is 9.11. The molecule has 9 heteroatoms. The third-order valence-electron chi connectivity index (χ3n) is 5.50. The number of fused-ring (bicyclic) bond motifs is 1. The van der Waals surface area contributed by atoms with Gasteiger partial charge in [0, 0.05) is 35.8 Å². The summed E-state index contributed by atoms with van der Waals surface area (Å²) < 4.78 is 30.9. The fourth-order valence-corrected chi connectivity index (χ4v) is 4.92. The van der Waals surface area contributed by atoms with Gasteiger partial charge >= 0.3 is 34.7 Å². The summed E-state index contributed by atoms with van der Waals surface area (Å²) in [6.07, 6.45) is 5.15. The number of nitrogens with zero attached hydrogens (tertiary/aromatic N) is 2.